The Kier molecular flexibility index (Phi) is 6.44. The van der Waals surface area contributed by atoms with E-state index in [4.69, 9.17) is 5.73 Å². The number of nitrogens with two attached hydrogens (primary N) is 1. The standard InChI is InChI=1S/C25H28N4O4S/c1-14(12-27-3)15(2)13-28-34(32,33)17-10-8-16(9-11-17)23-21-20(25(31)29-23)22(26)18-6-4-5-7-19(18)24(21)30/h4-11,14-15,27-28H,12-13,26H2,1-3H3,(H,29,31). The summed E-state index contributed by atoms with van der Waals surface area (Å²) in [5.41, 5.74) is 8.68. The summed E-state index contributed by atoms with van der Waals surface area (Å²) in [6, 6.07) is 13.0. The molecule has 34 heavy (non-hydrogen) atoms. The van der Waals surface area contributed by atoms with E-state index >= 15 is 0 Å². The quantitative estimate of drug-likeness (QED) is 0.456. The van der Waals surface area contributed by atoms with Crippen LogP contribution in [0.1, 0.15) is 35.3 Å². The minimum atomic E-state index is -3.71. The molecule has 2 atom stereocenters. The number of rotatable bonds is 8. The predicted octanol–water partition coefficient (Wildman–Crippen LogP) is 1.86. The molecule has 2 aromatic rings. The topological polar surface area (TPSA) is 130 Å². The molecule has 0 saturated carbocycles. The Hall–Kier alpha value is -3.27. The van der Waals surface area contributed by atoms with Crippen molar-refractivity contribution in [1.29, 1.82) is 0 Å². The van der Waals surface area contributed by atoms with Crippen LogP contribution in [-0.4, -0.2) is 40.2 Å². The first-order valence-corrected chi connectivity index (χ1v) is 12.6. The molecule has 178 valence electrons. The fourth-order valence-corrected chi connectivity index (χ4v) is 5.36. The SMILES string of the molecule is CNCC(C)C(C)CNS(=O)(=O)c1ccc(C2=C3C(=O)c4ccccc4C(N)=C3C(=O)N2)cc1. The Morgan fingerprint density at radius 2 is 1.53 bits per heavy atom. The van der Waals surface area contributed by atoms with Crippen LogP contribution in [0.15, 0.2) is 64.6 Å². The number of ketones is 1. The number of benzene rings is 2. The highest BCUT2D eigenvalue weighted by Crippen LogP contribution is 2.39. The van der Waals surface area contributed by atoms with Crippen molar-refractivity contribution in [2.75, 3.05) is 20.1 Å². The van der Waals surface area contributed by atoms with Crippen LogP contribution < -0.4 is 21.1 Å². The van der Waals surface area contributed by atoms with Crippen LogP contribution in [0.3, 0.4) is 0 Å². The zero-order valence-corrected chi connectivity index (χ0v) is 20.1. The molecule has 8 nitrogen and oxygen atoms in total. The van der Waals surface area contributed by atoms with Crippen molar-refractivity contribution in [3.8, 4) is 0 Å². The molecular weight excluding hydrogens is 452 g/mol. The maximum absolute atomic E-state index is 13.2. The second-order valence-corrected chi connectivity index (χ2v) is 10.5. The minimum absolute atomic E-state index is 0.107. The molecule has 1 heterocycles. The maximum atomic E-state index is 13.2. The molecule has 2 aliphatic rings. The van der Waals surface area contributed by atoms with Crippen LogP contribution in [0.4, 0.5) is 0 Å². The Balaban J connectivity index is 1.62. The first-order chi connectivity index (χ1) is 16.2. The average Bonchev–Trinajstić information content (AvgIpc) is 3.18. The van der Waals surface area contributed by atoms with Crippen LogP contribution in [0.25, 0.3) is 11.4 Å². The van der Waals surface area contributed by atoms with E-state index in [0.717, 1.165) is 6.54 Å². The van der Waals surface area contributed by atoms with Gasteiger partial charge in [-0.15, -0.1) is 0 Å². The summed E-state index contributed by atoms with van der Waals surface area (Å²) in [6.45, 7) is 5.18. The van der Waals surface area contributed by atoms with Gasteiger partial charge in [0.05, 0.1) is 27.4 Å². The summed E-state index contributed by atoms with van der Waals surface area (Å²) in [4.78, 5) is 26.0. The smallest absolute Gasteiger partial charge is 0.258 e. The molecule has 0 saturated heterocycles. The fraction of sp³-hybridized carbons (Fsp3) is 0.280. The van der Waals surface area contributed by atoms with Gasteiger partial charge in [0.25, 0.3) is 5.91 Å². The molecule has 2 aromatic carbocycles. The summed E-state index contributed by atoms with van der Waals surface area (Å²) in [5.74, 6) is -0.287. The summed E-state index contributed by atoms with van der Waals surface area (Å²) in [5, 5.41) is 5.84. The highest BCUT2D eigenvalue weighted by atomic mass is 32.2. The summed E-state index contributed by atoms with van der Waals surface area (Å²) < 4.78 is 28.2. The molecule has 9 heteroatoms. The van der Waals surface area contributed by atoms with E-state index in [0.29, 0.717) is 34.9 Å². The van der Waals surface area contributed by atoms with Crippen LogP contribution >= 0.6 is 0 Å². The maximum Gasteiger partial charge on any atom is 0.258 e. The third kappa shape index (κ3) is 4.18. The van der Waals surface area contributed by atoms with Crippen molar-refractivity contribution in [1.82, 2.24) is 15.4 Å². The van der Waals surface area contributed by atoms with Gasteiger partial charge in [-0.25, -0.2) is 13.1 Å². The van der Waals surface area contributed by atoms with Gasteiger partial charge in [0.15, 0.2) is 5.78 Å². The lowest BCUT2D eigenvalue weighted by Crippen LogP contribution is -2.33. The van der Waals surface area contributed by atoms with Crippen LogP contribution in [0, 0.1) is 11.8 Å². The highest BCUT2D eigenvalue weighted by Gasteiger charge is 2.39. The van der Waals surface area contributed by atoms with Crippen molar-refractivity contribution >= 4 is 33.1 Å². The molecule has 2 unspecified atom stereocenters. The second kappa shape index (κ2) is 9.17. The van der Waals surface area contributed by atoms with Crippen molar-refractivity contribution in [3.63, 3.8) is 0 Å². The first kappa shape index (κ1) is 23.9. The molecule has 0 radical (unpaired) electrons. The van der Waals surface area contributed by atoms with E-state index in [-0.39, 0.29) is 33.4 Å². The highest BCUT2D eigenvalue weighted by molar-refractivity contribution is 7.89. The number of amides is 1. The predicted molar refractivity (Wildman–Crippen MR) is 131 cm³/mol. The van der Waals surface area contributed by atoms with Crippen molar-refractivity contribution < 1.29 is 18.0 Å². The molecule has 0 spiro atoms. The third-order valence-corrected chi connectivity index (χ3v) is 7.91. The average molecular weight is 481 g/mol. The normalized spacial score (nSPS) is 17.4. The van der Waals surface area contributed by atoms with Gasteiger partial charge < -0.3 is 16.4 Å². The molecule has 4 rings (SSSR count). The van der Waals surface area contributed by atoms with Gasteiger partial charge in [-0.2, -0.15) is 0 Å². The van der Waals surface area contributed by atoms with E-state index in [2.05, 4.69) is 22.3 Å². The number of sulfonamides is 1. The van der Waals surface area contributed by atoms with Gasteiger partial charge >= 0.3 is 0 Å². The van der Waals surface area contributed by atoms with Crippen LogP contribution in [0.5, 0.6) is 0 Å². The monoisotopic (exact) mass is 480 g/mol. The minimum Gasteiger partial charge on any atom is -0.398 e. The number of fused-ring (bicyclic) bond motifs is 2. The summed E-state index contributed by atoms with van der Waals surface area (Å²) in [6.07, 6.45) is 0. The zero-order valence-electron chi connectivity index (χ0n) is 19.3. The summed E-state index contributed by atoms with van der Waals surface area (Å²) >= 11 is 0. The lowest BCUT2D eigenvalue weighted by molar-refractivity contribution is -0.115. The zero-order chi connectivity index (χ0) is 24.6. The number of nitrogens with one attached hydrogen (secondary N) is 3. The van der Waals surface area contributed by atoms with Gasteiger partial charge in [-0.05, 0) is 43.1 Å². The van der Waals surface area contributed by atoms with Crippen LogP contribution in [0.2, 0.25) is 0 Å². The summed E-state index contributed by atoms with van der Waals surface area (Å²) in [7, 11) is -1.84. The number of carbonyl (C=O) groups excluding carboxylic acids is 2. The molecule has 1 amide bonds. The number of hydrogen-bond donors (Lipinski definition) is 4. The first-order valence-electron chi connectivity index (χ1n) is 11.1. The van der Waals surface area contributed by atoms with Crippen molar-refractivity contribution in [2.45, 2.75) is 18.7 Å². The molecular formula is C25H28N4O4S. The van der Waals surface area contributed by atoms with Gasteiger partial charge in [0, 0.05) is 17.7 Å². The molecule has 5 N–H and O–H groups in total. The molecule has 0 fully saturated rings. The molecule has 1 aliphatic carbocycles. The van der Waals surface area contributed by atoms with Crippen LogP contribution in [-0.2, 0) is 14.8 Å². The Morgan fingerprint density at radius 1 is 0.912 bits per heavy atom. The Morgan fingerprint density at radius 3 is 2.18 bits per heavy atom. The van der Waals surface area contributed by atoms with Crippen molar-refractivity contribution in [3.05, 3.63) is 76.4 Å². The van der Waals surface area contributed by atoms with E-state index in [1.54, 1.807) is 36.4 Å². The number of hydrogen-bond acceptors (Lipinski definition) is 6. The number of carbonyl (C=O) groups is 2. The van der Waals surface area contributed by atoms with Crippen molar-refractivity contribution in [2.24, 2.45) is 17.6 Å². The Bertz CT molecular complexity index is 1330. The number of Topliss-reactive ketones (excluding diaryl/α,β-unsaturated/α-hetero) is 1. The van der Waals surface area contributed by atoms with E-state index in [1.165, 1.54) is 12.1 Å². The molecule has 0 bridgehead atoms. The second-order valence-electron chi connectivity index (χ2n) is 8.76. The van der Waals surface area contributed by atoms with Gasteiger partial charge in [-0.1, -0.05) is 50.2 Å². The van der Waals surface area contributed by atoms with E-state index in [1.807, 2.05) is 14.0 Å². The lowest BCUT2D eigenvalue weighted by atomic mass is 9.84. The van der Waals surface area contributed by atoms with E-state index in [9.17, 15) is 18.0 Å². The third-order valence-electron chi connectivity index (χ3n) is 6.47. The lowest BCUT2D eigenvalue weighted by Gasteiger charge is -2.20. The fourth-order valence-electron chi connectivity index (χ4n) is 4.21. The van der Waals surface area contributed by atoms with Gasteiger partial charge in [-0.3, -0.25) is 9.59 Å². The Labute approximate surface area is 199 Å². The van der Waals surface area contributed by atoms with E-state index < -0.39 is 15.9 Å². The van der Waals surface area contributed by atoms with Gasteiger partial charge in [0.1, 0.15) is 0 Å². The van der Waals surface area contributed by atoms with Gasteiger partial charge in [0.2, 0.25) is 10.0 Å². The molecule has 1 aliphatic heterocycles. The largest absolute Gasteiger partial charge is 0.398 e. The molecule has 0 aromatic heterocycles.